The molecule has 1 N–H and O–H groups in total. The van der Waals surface area contributed by atoms with Crippen LogP contribution in [0.2, 0.25) is 0 Å². The van der Waals surface area contributed by atoms with Crippen LogP contribution in [0, 0.1) is 6.92 Å². The minimum atomic E-state index is -0.744. The molecular weight excluding hydrogens is 270 g/mol. The van der Waals surface area contributed by atoms with Crippen LogP contribution in [0.5, 0.6) is 0 Å². The number of imidazole rings is 1. The van der Waals surface area contributed by atoms with Crippen LogP contribution in [-0.2, 0) is 17.3 Å². The van der Waals surface area contributed by atoms with Gasteiger partial charge in [-0.2, -0.15) is 0 Å². The van der Waals surface area contributed by atoms with E-state index < -0.39 is 10.8 Å². The molecule has 2 rings (SSSR count). The first-order valence-electron chi connectivity index (χ1n) is 7.69. The maximum Gasteiger partial charge on any atom is 0.203 e. The second-order valence-electron chi connectivity index (χ2n) is 5.98. The number of hydrogen-bond donors (Lipinski definition) is 1. The van der Waals surface area contributed by atoms with E-state index in [0.717, 1.165) is 24.6 Å². The van der Waals surface area contributed by atoms with E-state index in [9.17, 15) is 4.21 Å². The lowest BCUT2D eigenvalue weighted by Crippen LogP contribution is -2.24. The third-order valence-corrected chi connectivity index (χ3v) is 5.55. The molecule has 1 aliphatic rings. The van der Waals surface area contributed by atoms with Gasteiger partial charge in [-0.3, -0.25) is 4.21 Å². The van der Waals surface area contributed by atoms with Crippen LogP contribution in [0.4, 0.5) is 5.95 Å². The first-order chi connectivity index (χ1) is 9.56. The molecule has 0 bridgehead atoms. The predicted molar refractivity (Wildman–Crippen MR) is 85.6 cm³/mol. The summed E-state index contributed by atoms with van der Waals surface area (Å²) in [5.74, 6) is 0.989. The van der Waals surface area contributed by atoms with Crippen molar-refractivity contribution in [3.8, 4) is 0 Å². The van der Waals surface area contributed by atoms with Gasteiger partial charge in [-0.25, -0.2) is 4.98 Å². The number of anilines is 1. The van der Waals surface area contributed by atoms with Crippen molar-refractivity contribution >= 4 is 16.7 Å². The van der Waals surface area contributed by atoms with Gasteiger partial charge in [-0.1, -0.05) is 26.2 Å². The molecule has 1 heterocycles. The summed E-state index contributed by atoms with van der Waals surface area (Å²) in [6.07, 6.45) is 11.3. The zero-order chi connectivity index (χ0) is 14.5. The average Bonchev–Trinajstić information content (AvgIpc) is 2.77. The molecule has 1 fully saturated rings. The summed E-state index contributed by atoms with van der Waals surface area (Å²) in [7, 11) is -0.744. The summed E-state index contributed by atoms with van der Waals surface area (Å²) >= 11 is 0. The van der Waals surface area contributed by atoms with Crippen LogP contribution < -0.4 is 5.32 Å². The van der Waals surface area contributed by atoms with Crippen molar-refractivity contribution in [1.82, 2.24) is 9.55 Å². The summed E-state index contributed by atoms with van der Waals surface area (Å²) in [6.45, 7) is 4.97. The van der Waals surface area contributed by atoms with Gasteiger partial charge in [0.1, 0.15) is 0 Å². The number of hydrogen-bond acceptors (Lipinski definition) is 3. The molecule has 0 spiro atoms. The molecule has 5 heteroatoms. The third-order valence-electron chi connectivity index (χ3n) is 4.18. The van der Waals surface area contributed by atoms with E-state index >= 15 is 0 Å². The fraction of sp³-hybridized carbons (Fsp3) is 0.800. The summed E-state index contributed by atoms with van der Waals surface area (Å²) < 4.78 is 13.6. The van der Waals surface area contributed by atoms with Crippen molar-refractivity contribution in [2.75, 3.05) is 11.6 Å². The van der Waals surface area contributed by atoms with Crippen LogP contribution in [0.3, 0.4) is 0 Å². The Bertz CT molecular complexity index is 452. The van der Waals surface area contributed by atoms with Crippen molar-refractivity contribution < 1.29 is 4.21 Å². The monoisotopic (exact) mass is 297 g/mol. The number of rotatable bonds is 6. The highest BCUT2D eigenvalue weighted by molar-refractivity contribution is 7.84. The van der Waals surface area contributed by atoms with Crippen LogP contribution in [0.25, 0.3) is 0 Å². The summed E-state index contributed by atoms with van der Waals surface area (Å²) in [4.78, 5) is 4.60. The molecule has 20 heavy (non-hydrogen) atoms. The molecular formula is C15H27N3OS. The van der Waals surface area contributed by atoms with Crippen molar-refractivity contribution in [3.05, 3.63) is 11.9 Å². The lowest BCUT2D eigenvalue weighted by molar-refractivity contribution is 0.458. The van der Waals surface area contributed by atoms with Crippen LogP contribution in [0.1, 0.15) is 51.1 Å². The van der Waals surface area contributed by atoms with Gasteiger partial charge >= 0.3 is 0 Å². The maximum absolute atomic E-state index is 11.4. The fourth-order valence-electron chi connectivity index (χ4n) is 2.75. The van der Waals surface area contributed by atoms with Gasteiger partial charge in [-0.15, -0.1) is 0 Å². The molecule has 2 unspecified atom stereocenters. The zero-order valence-electron chi connectivity index (χ0n) is 12.9. The minimum absolute atomic E-state index is 0.236. The van der Waals surface area contributed by atoms with Gasteiger partial charge in [0.05, 0.1) is 5.69 Å². The lowest BCUT2D eigenvalue weighted by Gasteiger charge is -2.23. The van der Waals surface area contributed by atoms with Crippen molar-refractivity contribution in [1.29, 1.82) is 0 Å². The molecule has 4 nitrogen and oxygen atoms in total. The van der Waals surface area contributed by atoms with E-state index in [2.05, 4.69) is 21.1 Å². The van der Waals surface area contributed by atoms with E-state index in [1.165, 1.54) is 32.1 Å². The molecule has 2 atom stereocenters. The largest absolute Gasteiger partial charge is 0.353 e. The van der Waals surface area contributed by atoms with E-state index in [-0.39, 0.29) is 5.25 Å². The van der Waals surface area contributed by atoms with Gasteiger partial charge in [-0.05, 0) is 26.2 Å². The summed E-state index contributed by atoms with van der Waals surface area (Å²) in [6, 6.07) is 0.571. The normalized spacial score (nSPS) is 19.8. The van der Waals surface area contributed by atoms with E-state index in [4.69, 9.17) is 0 Å². The quantitative estimate of drug-likeness (QED) is 0.877. The Hall–Kier alpha value is -0.840. The molecule has 0 aliphatic heterocycles. The van der Waals surface area contributed by atoms with Gasteiger partial charge in [0.15, 0.2) is 0 Å². The number of nitrogens with one attached hydrogen (secondary N) is 1. The molecule has 1 saturated carbocycles. The van der Waals surface area contributed by atoms with Crippen molar-refractivity contribution in [3.63, 3.8) is 0 Å². The fourth-order valence-corrected chi connectivity index (χ4v) is 3.19. The SMILES string of the molecule is Cc1cn(CCC(C)S(C)=O)c(NC2CCCCC2)n1. The minimum Gasteiger partial charge on any atom is -0.353 e. The number of aryl methyl sites for hydroxylation is 2. The van der Waals surface area contributed by atoms with E-state index in [1.807, 2.05) is 13.8 Å². The number of nitrogens with zero attached hydrogens (tertiary/aromatic N) is 2. The predicted octanol–water partition coefficient (Wildman–Crippen LogP) is 3.09. The first-order valence-corrected chi connectivity index (χ1v) is 9.31. The Morgan fingerprint density at radius 3 is 2.80 bits per heavy atom. The highest BCUT2D eigenvalue weighted by atomic mass is 32.2. The van der Waals surface area contributed by atoms with Gasteiger partial charge in [0.25, 0.3) is 0 Å². The Labute approximate surface area is 124 Å². The molecule has 1 aromatic heterocycles. The highest BCUT2D eigenvalue weighted by Gasteiger charge is 2.16. The van der Waals surface area contributed by atoms with E-state index in [1.54, 1.807) is 6.26 Å². The van der Waals surface area contributed by atoms with Crippen molar-refractivity contribution in [2.24, 2.45) is 0 Å². The second kappa shape index (κ2) is 7.25. The molecule has 0 amide bonds. The Morgan fingerprint density at radius 1 is 1.45 bits per heavy atom. The number of aromatic nitrogens is 2. The topological polar surface area (TPSA) is 46.9 Å². The summed E-state index contributed by atoms with van der Waals surface area (Å²) in [5, 5.41) is 3.84. The smallest absolute Gasteiger partial charge is 0.203 e. The standard InChI is InChI=1S/C15H27N3OS/c1-12-11-18(10-9-13(2)20(3)19)15(16-12)17-14-7-5-4-6-8-14/h11,13-14H,4-10H2,1-3H3,(H,16,17). The Kier molecular flexibility index (Phi) is 5.64. The van der Waals surface area contributed by atoms with Crippen LogP contribution in [0.15, 0.2) is 6.20 Å². The Balaban J connectivity index is 1.96. The van der Waals surface area contributed by atoms with Crippen LogP contribution >= 0.6 is 0 Å². The lowest BCUT2D eigenvalue weighted by atomic mass is 9.96. The van der Waals surface area contributed by atoms with Gasteiger partial charge < -0.3 is 9.88 Å². The van der Waals surface area contributed by atoms with Crippen molar-refractivity contribution in [2.45, 2.75) is 70.2 Å². The average molecular weight is 297 g/mol. The molecule has 0 radical (unpaired) electrons. The van der Waals surface area contributed by atoms with Gasteiger partial charge in [0.2, 0.25) is 5.95 Å². The van der Waals surface area contributed by atoms with E-state index in [0.29, 0.717) is 6.04 Å². The maximum atomic E-state index is 11.4. The zero-order valence-corrected chi connectivity index (χ0v) is 13.7. The molecule has 0 saturated heterocycles. The van der Waals surface area contributed by atoms with Crippen LogP contribution in [-0.4, -0.2) is 31.3 Å². The van der Waals surface area contributed by atoms with Gasteiger partial charge in [0, 0.05) is 41.1 Å². The molecule has 1 aliphatic carbocycles. The summed E-state index contributed by atoms with van der Waals surface area (Å²) in [5.41, 5.74) is 1.05. The first kappa shape index (κ1) is 15.5. The molecule has 1 aromatic rings. The highest BCUT2D eigenvalue weighted by Crippen LogP contribution is 2.21. The third kappa shape index (κ3) is 4.33. The Morgan fingerprint density at radius 2 is 2.15 bits per heavy atom. The second-order valence-corrected chi connectivity index (χ2v) is 7.78. The molecule has 114 valence electrons. The molecule has 0 aromatic carbocycles.